The molecule has 0 aliphatic heterocycles. The Morgan fingerprint density at radius 1 is 1.43 bits per heavy atom. The van der Waals surface area contributed by atoms with E-state index in [1.165, 1.54) is 0 Å². The first-order chi connectivity index (χ1) is 6.74. The number of benzene rings is 1. The predicted octanol–water partition coefficient (Wildman–Crippen LogP) is 2.15. The number of carbonyl (C=O) groups is 1. The summed E-state index contributed by atoms with van der Waals surface area (Å²) < 4.78 is 4.66. The van der Waals surface area contributed by atoms with E-state index in [0.29, 0.717) is 12.2 Å². The third-order valence-corrected chi connectivity index (χ3v) is 1.61. The number of rotatable bonds is 3. The molecule has 0 heterocycles. The molecule has 0 radical (unpaired) electrons. The molecule has 0 amide bonds. The van der Waals surface area contributed by atoms with Crippen LogP contribution in [-0.2, 0) is 9.53 Å². The molecule has 14 heavy (non-hydrogen) atoms. The van der Waals surface area contributed by atoms with Crippen molar-refractivity contribution in [3.63, 3.8) is 0 Å². The van der Waals surface area contributed by atoms with E-state index in [-0.39, 0.29) is 5.76 Å². The van der Waals surface area contributed by atoms with Gasteiger partial charge < -0.3 is 9.84 Å². The fourth-order valence-electron chi connectivity index (χ4n) is 0.988. The van der Waals surface area contributed by atoms with E-state index in [1.807, 2.05) is 6.07 Å². The third kappa shape index (κ3) is 2.94. The summed E-state index contributed by atoms with van der Waals surface area (Å²) in [7, 11) is 0. The van der Waals surface area contributed by atoms with Crippen molar-refractivity contribution in [2.75, 3.05) is 6.61 Å². The van der Waals surface area contributed by atoms with Gasteiger partial charge in [-0.1, -0.05) is 30.3 Å². The second-order valence-corrected chi connectivity index (χ2v) is 2.65. The SMILES string of the molecule is CCOC(=O)/[13CH]=C(\O)c1ccccc1. The van der Waals surface area contributed by atoms with E-state index in [2.05, 4.69) is 4.74 Å². The van der Waals surface area contributed by atoms with Crippen LogP contribution in [-0.4, -0.2) is 17.7 Å². The topological polar surface area (TPSA) is 46.5 Å². The molecule has 0 saturated heterocycles. The number of hydrogen-bond acceptors (Lipinski definition) is 3. The van der Waals surface area contributed by atoms with E-state index < -0.39 is 5.97 Å². The lowest BCUT2D eigenvalue weighted by Gasteiger charge is -1.99. The number of aliphatic hydroxyl groups excluding tert-OH is 1. The molecular formula is C11H12O3. The summed E-state index contributed by atoms with van der Waals surface area (Å²) in [5.41, 5.74) is 0.598. The summed E-state index contributed by atoms with van der Waals surface area (Å²) in [4.78, 5) is 11.0. The van der Waals surface area contributed by atoms with Crippen LogP contribution in [0.25, 0.3) is 5.76 Å². The maximum atomic E-state index is 11.0. The van der Waals surface area contributed by atoms with Crippen molar-refractivity contribution < 1.29 is 14.6 Å². The summed E-state index contributed by atoms with van der Waals surface area (Å²) in [5.74, 6) is -0.613. The highest BCUT2D eigenvalue weighted by molar-refractivity contribution is 5.89. The third-order valence-electron chi connectivity index (χ3n) is 1.61. The minimum atomic E-state index is -0.533. The molecule has 0 unspecified atom stereocenters. The fraction of sp³-hybridized carbons (Fsp3) is 0.182. The average molecular weight is 193 g/mol. The van der Waals surface area contributed by atoms with Crippen LogP contribution in [0.1, 0.15) is 12.5 Å². The summed E-state index contributed by atoms with van der Waals surface area (Å²) in [6.07, 6.45) is 1.07. The van der Waals surface area contributed by atoms with Crippen LogP contribution in [0.5, 0.6) is 0 Å². The van der Waals surface area contributed by atoms with Crippen LogP contribution in [0, 0.1) is 0 Å². The smallest absolute Gasteiger partial charge is 0.334 e. The van der Waals surface area contributed by atoms with Crippen LogP contribution < -0.4 is 0 Å². The Hall–Kier alpha value is -1.77. The van der Waals surface area contributed by atoms with Crippen LogP contribution in [0.4, 0.5) is 0 Å². The van der Waals surface area contributed by atoms with Crippen molar-refractivity contribution in [3.8, 4) is 0 Å². The number of carbonyl (C=O) groups excluding carboxylic acids is 1. The number of esters is 1. The van der Waals surface area contributed by atoms with E-state index in [0.717, 1.165) is 6.08 Å². The van der Waals surface area contributed by atoms with Crippen molar-refractivity contribution in [2.45, 2.75) is 6.92 Å². The lowest BCUT2D eigenvalue weighted by Crippen LogP contribution is -2.00. The first kappa shape index (κ1) is 10.3. The molecule has 1 N–H and O–H groups in total. The molecule has 0 fully saturated rings. The quantitative estimate of drug-likeness (QED) is 0.346. The molecule has 0 bridgehead atoms. The summed E-state index contributed by atoms with van der Waals surface area (Å²) in [6, 6.07) is 8.83. The van der Waals surface area contributed by atoms with Gasteiger partial charge in [-0.25, -0.2) is 4.79 Å². The van der Waals surface area contributed by atoms with E-state index in [1.54, 1.807) is 31.2 Å². The van der Waals surface area contributed by atoms with Gasteiger partial charge in [-0.2, -0.15) is 0 Å². The maximum absolute atomic E-state index is 11.0. The number of aliphatic hydroxyl groups is 1. The molecule has 3 heteroatoms. The monoisotopic (exact) mass is 193 g/mol. The van der Waals surface area contributed by atoms with E-state index in [4.69, 9.17) is 0 Å². The summed E-state index contributed by atoms with van der Waals surface area (Å²) >= 11 is 0. The largest absolute Gasteiger partial charge is 0.507 e. The lowest BCUT2D eigenvalue weighted by atomic mass is 10.2. The van der Waals surface area contributed by atoms with Crippen molar-refractivity contribution in [3.05, 3.63) is 42.0 Å². The van der Waals surface area contributed by atoms with Crippen molar-refractivity contribution in [1.29, 1.82) is 0 Å². The van der Waals surface area contributed by atoms with Crippen LogP contribution in [0.15, 0.2) is 36.4 Å². The van der Waals surface area contributed by atoms with Gasteiger partial charge in [-0.15, -0.1) is 0 Å². The molecule has 0 atom stereocenters. The van der Waals surface area contributed by atoms with Crippen LogP contribution >= 0.6 is 0 Å². The van der Waals surface area contributed by atoms with Gasteiger partial charge in [0.05, 0.1) is 12.7 Å². The maximum Gasteiger partial charge on any atom is 0.334 e. The van der Waals surface area contributed by atoms with Gasteiger partial charge in [0.1, 0.15) is 5.76 Å². The lowest BCUT2D eigenvalue weighted by molar-refractivity contribution is -0.137. The minimum absolute atomic E-state index is 0.0796. The molecule has 0 saturated carbocycles. The van der Waals surface area contributed by atoms with E-state index in [9.17, 15) is 9.90 Å². The van der Waals surface area contributed by atoms with Crippen LogP contribution in [0.2, 0.25) is 0 Å². The number of ether oxygens (including phenoxy) is 1. The molecular weight excluding hydrogens is 181 g/mol. The van der Waals surface area contributed by atoms with E-state index >= 15 is 0 Å². The molecule has 1 rings (SSSR count). The zero-order valence-corrected chi connectivity index (χ0v) is 7.93. The highest BCUT2D eigenvalue weighted by atomic mass is 16.5. The summed E-state index contributed by atoms with van der Waals surface area (Å²) in [6.45, 7) is 2.02. The molecule has 1 aromatic rings. The van der Waals surface area contributed by atoms with Gasteiger partial charge in [0, 0.05) is 5.56 Å². The Balaban J connectivity index is 2.75. The second kappa shape index (κ2) is 5.07. The molecule has 0 aliphatic rings. The van der Waals surface area contributed by atoms with Crippen LogP contribution in [0.3, 0.4) is 0 Å². The highest BCUT2D eigenvalue weighted by Crippen LogP contribution is 2.09. The van der Waals surface area contributed by atoms with Gasteiger partial charge in [0.15, 0.2) is 0 Å². The first-order valence-electron chi connectivity index (χ1n) is 4.37. The molecule has 0 aliphatic carbocycles. The Kier molecular flexibility index (Phi) is 3.73. The standard InChI is InChI=1S/C11H12O3/c1-2-14-11(13)8-10(12)9-6-4-3-5-7-9/h3-8,12H,2H2,1H3/b10-8-/i8+1. The minimum Gasteiger partial charge on any atom is -0.507 e. The molecule has 74 valence electrons. The molecule has 1 aromatic carbocycles. The van der Waals surface area contributed by atoms with Gasteiger partial charge in [-0.3, -0.25) is 0 Å². The summed E-state index contributed by atoms with van der Waals surface area (Å²) in [5, 5.41) is 9.48. The van der Waals surface area contributed by atoms with Gasteiger partial charge in [0.25, 0.3) is 0 Å². The molecule has 3 nitrogen and oxygen atoms in total. The van der Waals surface area contributed by atoms with Crippen molar-refractivity contribution in [2.24, 2.45) is 0 Å². The highest BCUT2D eigenvalue weighted by Gasteiger charge is 2.02. The van der Waals surface area contributed by atoms with Gasteiger partial charge in [0.2, 0.25) is 0 Å². The zero-order chi connectivity index (χ0) is 10.4. The predicted molar refractivity (Wildman–Crippen MR) is 53.7 cm³/mol. The average Bonchev–Trinajstić information content (AvgIpc) is 2.19. The fourth-order valence-corrected chi connectivity index (χ4v) is 0.988. The number of hydrogen-bond donors (Lipinski definition) is 1. The Morgan fingerprint density at radius 2 is 2.07 bits per heavy atom. The Labute approximate surface area is 82.6 Å². The normalized spacial score (nSPS) is 11.1. The van der Waals surface area contributed by atoms with Crippen molar-refractivity contribution in [1.82, 2.24) is 0 Å². The second-order valence-electron chi connectivity index (χ2n) is 2.65. The van der Waals surface area contributed by atoms with Gasteiger partial charge >= 0.3 is 5.97 Å². The molecule has 0 spiro atoms. The Bertz CT molecular complexity index is 328. The first-order valence-corrected chi connectivity index (χ1v) is 4.37. The molecule has 0 aromatic heterocycles. The van der Waals surface area contributed by atoms with Gasteiger partial charge in [-0.05, 0) is 6.92 Å². The Morgan fingerprint density at radius 3 is 2.64 bits per heavy atom. The van der Waals surface area contributed by atoms with Crippen molar-refractivity contribution >= 4 is 11.7 Å². The zero-order valence-electron chi connectivity index (χ0n) is 7.93.